The fourth-order valence-electron chi connectivity index (χ4n) is 1.30. The number of halogens is 1. The Morgan fingerprint density at radius 3 is 2.85 bits per heavy atom. The molecule has 1 aliphatic rings. The van der Waals surface area contributed by atoms with Crippen LogP contribution in [0.2, 0.25) is 5.15 Å². The minimum Gasteiger partial charge on any atom is -0.489 e. The molecular weight excluding hydrogens is 186 g/mol. The molecule has 0 spiro atoms. The van der Waals surface area contributed by atoms with Crippen molar-refractivity contribution in [3.05, 3.63) is 23.0 Å². The fraction of sp³-hybridized carbons (Fsp3) is 0.500. The second-order valence-corrected chi connectivity index (χ2v) is 3.83. The van der Waals surface area contributed by atoms with Gasteiger partial charge in [0.1, 0.15) is 10.9 Å². The van der Waals surface area contributed by atoms with E-state index in [1.165, 1.54) is 19.3 Å². The zero-order valence-electron chi connectivity index (χ0n) is 7.59. The number of aryl methyl sites for hydroxylation is 1. The van der Waals surface area contributed by atoms with Crippen molar-refractivity contribution < 1.29 is 4.74 Å². The monoisotopic (exact) mass is 197 g/mol. The van der Waals surface area contributed by atoms with E-state index in [4.69, 9.17) is 16.3 Å². The Kier molecular flexibility index (Phi) is 2.40. The average molecular weight is 198 g/mol. The first-order chi connectivity index (χ1) is 6.25. The minimum absolute atomic E-state index is 0.404. The van der Waals surface area contributed by atoms with Gasteiger partial charge < -0.3 is 4.74 Å². The molecule has 1 aromatic heterocycles. The van der Waals surface area contributed by atoms with Gasteiger partial charge >= 0.3 is 0 Å². The van der Waals surface area contributed by atoms with Gasteiger partial charge in [-0.3, -0.25) is 0 Å². The second-order valence-electron chi connectivity index (χ2n) is 3.44. The molecule has 1 heterocycles. The van der Waals surface area contributed by atoms with Crippen molar-refractivity contribution >= 4 is 11.6 Å². The Morgan fingerprint density at radius 1 is 1.54 bits per heavy atom. The SMILES string of the molecule is Cc1cc(Cl)ncc1OC1CCC1. The van der Waals surface area contributed by atoms with E-state index in [9.17, 15) is 0 Å². The summed E-state index contributed by atoms with van der Waals surface area (Å²) in [6.07, 6.45) is 5.73. The quantitative estimate of drug-likeness (QED) is 0.681. The highest BCUT2D eigenvalue weighted by molar-refractivity contribution is 6.29. The molecule has 0 bridgehead atoms. The number of rotatable bonds is 2. The van der Waals surface area contributed by atoms with Crippen LogP contribution >= 0.6 is 11.6 Å². The van der Waals surface area contributed by atoms with Gasteiger partial charge in [-0.15, -0.1) is 0 Å². The molecule has 1 saturated carbocycles. The predicted molar refractivity (Wildman–Crippen MR) is 52.3 cm³/mol. The summed E-state index contributed by atoms with van der Waals surface area (Å²) in [5.41, 5.74) is 1.06. The van der Waals surface area contributed by atoms with Crippen molar-refractivity contribution in [1.82, 2.24) is 4.98 Å². The maximum absolute atomic E-state index is 5.73. The number of hydrogen-bond donors (Lipinski definition) is 0. The van der Waals surface area contributed by atoms with Crippen LogP contribution < -0.4 is 4.74 Å². The highest BCUT2D eigenvalue weighted by Gasteiger charge is 2.19. The van der Waals surface area contributed by atoms with Crippen LogP contribution in [0.3, 0.4) is 0 Å². The zero-order valence-corrected chi connectivity index (χ0v) is 8.34. The number of aromatic nitrogens is 1. The normalized spacial score (nSPS) is 16.8. The second kappa shape index (κ2) is 3.54. The molecule has 0 unspecified atom stereocenters. The summed E-state index contributed by atoms with van der Waals surface area (Å²) in [4.78, 5) is 3.99. The molecule has 2 nitrogen and oxygen atoms in total. The van der Waals surface area contributed by atoms with Gasteiger partial charge in [0.15, 0.2) is 0 Å². The summed E-state index contributed by atoms with van der Waals surface area (Å²) in [5.74, 6) is 0.870. The molecule has 70 valence electrons. The molecule has 0 N–H and O–H groups in total. The molecule has 1 aromatic rings. The molecule has 0 radical (unpaired) electrons. The van der Waals surface area contributed by atoms with Gasteiger partial charge in [-0.25, -0.2) is 4.98 Å². The van der Waals surface area contributed by atoms with E-state index < -0.39 is 0 Å². The molecule has 0 aliphatic heterocycles. The summed E-state index contributed by atoms with van der Waals surface area (Å²) in [5, 5.41) is 0.526. The van der Waals surface area contributed by atoms with Gasteiger partial charge in [0.25, 0.3) is 0 Å². The van der Waals surface area contributed by atoms with E-state index in [1.54, 1.807) is 6.20 Å². The summed E-state index contributed by atoms with van der Waals surface area (Å²) in [6.45, 7) is 1.99. The lowest BCUT2D eigenvalue weighted by Crippen LogP contribution is -2.24. The summed E-state index contributed by atoms with van der Waals surface area (Å²) < 4.78 is 5.71. The first-order valence-electron chi connectivity index (χ1n) is 4.54. The Bertz CT molecular complexity index is 310. The fourth-order valence-corrected chi connectivity index (χ4v) is 1.51. The Labute approximate surface area is 82.9 Å². The van der Waals surface area contributed by atoms with Crippen molar-refractivity contribution in [2.75, 3.05) is 0 Å². The highest BCUT2D eigenvalue weighted by Crippen LogP contribution is 2.27. The average Bonchev–Trinajstić information content (AvgIpc) is 1.99. The van der Waals surface area contributed by atoms with Crippen molar-refractivity contribution in [2.45, 2.75) is 32.3 Å². The molecule has 0 amide bonds. The van der Waals surface area contributed by atoms with E-state index in [0.717, 1.165) is 11.3 Å². The lowest BCUT2D eigenvalue weighted by molar-refractivity contribution is 0.119. The third-order valence-corrected chi connectivity index (χ3v) is 2.58. The van der Waals surface area contributed by atoms with Crippen LogP contribution in [0, 0.1) is 6.92 Å². The largest absolute Gasteiger partial charge is 0.489 e. The van der Waals surface area contributed by atoms with Crippen molar-refractivity contribution in [3.63, 3.8) is 0 Å². The smallest absolute Gasteiger partial charge is 0.141 e. The lowest BCUT2D eigenvalue weighted by Gasteiger charge is -2.26. The van der Waals surface area contributed by atoms with E-state index in [1.807, 2.05) is 13.0 Å². The highest BCUT2D eigenvalue weighted by atomic mass is 35.5. The minimum atomic E-state index is 0.404. The number of ether oxygens (including phenoxy) is 1. The van der Waals surface area contributed by atoms with E-state index in [0.29, 0.717) is 11.3 Å². The molecular formula is C10H12ClNO. The van der Waals surface area contributed by atoms with Crippen LogP contribution in [0.4, 0.5) is 0 Å². The van der Waals surface area contributed by atoms with Gasteiger partial charge in [-0.2, -0.15) is 0 Å². The van der Waals surface area contributed by atoms with Crippen molar-refractivity contribution in [1.29, 1.82) is 0 Å². The first-order valence-corrected chi connectivity index (χ1v) is 4.92. The Hall–Kier alpha value is -0.760. The zero-order chi connectivity index (χ0) is 9.26. The standard InChI is InChI=1S/C10H12ClNO/c1-7-5-10(11)12-6-9(7)13-8-3-2-4-8/h5-6,8H,2-4H2,1H3. The van der Waals surface area contributed by atoms with Crippen LogP contribution in [-0.2, 0) is 0 Å². The van der Waals surface area contributed by atoms with Crippen LogP contribution in [-0.4, -0.2) is 11.1 Å². The number of pyridine rings is 1. The summed E-state index contributed by atoms with van der Waals surface area (Å²) in [6, 6.07) is 1.83. The van der Waals surface area contributed by atoms with Gasteiger partial charge in [0.05, 0.1) is 12.3 Å². The molecule has 3 heteroatoms. The molecule has 0 saturated heterocycles. The van der Waals surface area contributed by atoms with Gasteiger partial charge in [0, 0.05) is 0 Å². The molecule has 13 heavy (non-hydrogen) atoms. The van der Waals surface area contributed by atoms with Gasteiger partial charge in [-0.05, 0) is 37.8 Å². The summed E-state index contributed by atoms with van der Waals surface area (Å²) >= 11 is 5.73. The topological polar surface area (TPSA) is 22.1 Å². The maximum Gasteiger partial charge on any atom is 0.141 e. The Morgan fingerprint density at radius 2 is 2.31 bits per heavy atom. The van der Waals surface area contributed by atoms with Crippen LogP contribution in [0.15, 0.2) is 12.3 Å². The molecule has 1 aliphatic carbocycles. The molecule has 2 rings (SSSR count). The van der Waals surface area contributed by atoms with E-state index >= 15 is 0 Å². The van der Waals surface area contributed by atoms with E-state index in [2.05, 4.69) is 4.98 Å². The number of hydrogen-bond acceptors (Lipinski definition) is 2. The third-order valence-electron chi connectivity index (χ3n) is 2.38. The van der Waals surface area contributed by atoms with Crippen molar-refractivity contribution in [2.24, 2.45) is 0 Å². The predicted octanol–water partition coefficient (Wildman–Crippen LogP) is 2.97. The van der Waals surface area contributed by atoms with E-state index in [-0.39, 0.29) is 0 Å². The number of nitrogens with zero attached hydrogens (tertiary/aromatic N) is 1. The summed E-state index contributed by atoms with van der Waals surface area (Å²) in [7, 11) is 0. The van der Waals surface area contributed by atoms with Gasteiger partial charge in [0.2, 0.25) is 0 Å². The van der Waals surface area contributed by atoms with Crippen LogP contribution in [0.5, 0.6) is 5.75 Å². The lowest BCUT2D eigenvalue weighted by atomic mass is 9.96. The maximum atomic E-state index is 5.73. The third kappa shape index (κ3) is 1.94. The first kappa shape index (κ1) is 8.82. The van der Waals surface area contributed by atoms with Crippen molar-refractivity contribution in [3.8, 4) is 5.75 Å². The molecule has 0 atom stereocenters. The molecule has 1 fully saturated rings. The van der Waals surface area contributed by atoms with Gasteiger partial charge in [-0.1, -0.05) is 11.6 Å². The molecule has 0 aromatic carbocycles. The van der Waals surface area contributed by atoms with Crippen LogP contribution in [0.25, 0.3) is 0 Å². The van der Waals surface area contributed by atoms with Crippen LogP contribution in [0.1, 0.15) is 24.8 Å². The Balaban J connectivity index is 2.10.